The van der Waals surface area contributed by atoms with Crippen LogP contribution in [0.15, 0.2) is 42.7 Å². The van der Waals surface area contributed by atoms with Gasteiger partial charge in [0, 0.05) is 44.5 Å². The van der Waals surface area contributed by atoms with Crippen LogP contribution >= 0.6 is 0 Å². The summed E-state index contributed by atoms with van der Waals surface area (Å²) in [6.07, 6.45) is 3.37. The molecular weight excluding hydrogens is 379 g/mol. The van der Waals surface area contributed by atoms with Crippen molar-refractivity contribution in [2.24, 2.45) is 0 Å². The molecule has 0 radical (unpaired) electrons. The van der Waals surface area contributed by atoms with Crippen LogP contribution in [0.3, 0.4) is 0 Å². The smallest absolute Gasteiger partial charge is 0.323 e. The summed E-state index contributed by atoms with van der Waals surface area (Å²) in [4.78, 5) is 29.5. The Balaban J connectivity index is 1.64. The normalized spacial score (nSPS) is 18.4. The minimum Gasteiger partial charge on any atom is -0.488 e. The number of urea groups is 1. The van der Waals surface area contributed by atoms with E-state index < -0.39 is 11.8 Å². The summed E-state index contributed by atoms with van der Waals surface area (Å²) in [7, 11) is 1.58. The van der Waals surface area contributed by atoms with Crippen LogP contribution in [-0.4, -0.2) is 54.2 Å². The number of nitrogens with zero attached hydrogens (tertiary/aromatic N) is 2. The van der Waals surface area contributed by atoms with Gasteiger partial charge in [0.1, 0.15) is 17.7 Å². The molecule has 3 rings (SSSR count). The number of nitrogens with one attached hydrogen (secondary N) is 2. The molecule has 1 fully saturated rings. The van der Waals surface area contributed by atoms with Gasteiger partial charge in [-0.1, -0.05) is 0 Å². The third kappa shape index (κ3) is 5.64. The van der Waals surface area contributed by atoms with Gasteiger partial charge in [0.05, 0.1) is 31.1 Å². The van der Waals surface area contributed by atoms with Crippen LogP contribution in [0.1, 0.15) is 13.3 Å². The molecule has 8 nitrogen and oxygen atoms in total. The van der Waals surface area contributed by atoms with Gasteiger partial charge in [-0.15, -0.1) is 0 Å². The van der Waals surface area contributed by atoms with E-state index in [0.717, 1.165) is 0 Å². The Kier molecular flexibility index (Phi) is 6.61. The molecule has 154 valence electrons. The van der Waals surface area contributed by atoms with E-state index in [1.807, 2.05) is 0 Å². The Hall–Kier alpha value is -3.20. The topological polar surface area (TPSA) is 92.8 Å². The minimum absolute atomic E-state index is 0.0631. The molecule has 2 heterocycles. The first-order chi connectivity index (χ1) is 13.9. The first-order valence-corrected chi connectivity index (χ1v) is 9.16. The number of methoxy groups -OCH3 is 1. The predicted octanol–water partition coefficient (Wildman–Crippen LogP) is 2.88. The van der Waals surface area contributed by atoms with Gasteiger partial charge in [0.15, 0.2) is 0 Å². The highest BCUT2D eigenvalue weighted by molar-refractivity contribution is 5.99. The Morgan fingerprint density at radius 2 is 2.07 bits per heavy atom. The van der Waals surface area contributed by atoms with Crippen molar-refractivity contribution in [1.82, 2.24) is 9.88 Å². The standard InChI is InChI=1S/C20H23FN4O4/c1-13(26)25-11-19(9-17(25)12-28-2)29-18-7-14(21)6-16(8-18)24-20(27)23-15-4-3-5-22-10-15/h3-8,10,17,19H,9,11-12H2,1-2H3,(H2,23,24,27)/t17-,19-/m1/s1. The minimum atomic E-state index is -0.547. The van der Waals surface area contributed by atoms with Gasteiger partial charge in [-0.2, -0.15) is 0 Å². The SMILES string of the molecule is COC[C@H]1C[C@@H](Oc2cc(F)cc(NC(=O)Nc3cccnc3)c2)CN1C(C)=O. The molecule has 1 aliphatic heterocycles. The lowest BCUT2D eigenvalue weighted by molar-refractivity contribution is -0.130. The number of halogens is 1. The van der Waals surface area contributed by atoms with E-state index in [1.165, 1.54) is 31.3 Å². The molecule has 1 aromatic heterocycles. The monoisotopic (exact) mass is 402 g/mol. The van der Waals surface area contributed by atoms with Gasteiger partial charge in [0.25, 0.3) is 0 Å². The zero-order valence-corrected chi connectivity index (χ0v) is 16.2. The Bertz CT molecular complexity index is 865. The molecule has 0 spiro atoms. The lowest BCUT2D eigenvalue weighted by Crippen LogP contribution is -2.36. The molecule has 1 aromatic carbocycles. The number of rotatable bonds is 6. The molecule has 1 saturated heterocycles. The van der Waals surface area contributed by atoms with E-state index in [2.05, 4.69) is 15.6 Å². The molecule has 2 aromatic rings. The van der Waals surface area contributed by atoms with Crippen molar-refractivity contribution in [1.29, 1.82) is 0 Å². The maximum Gasteiger partial charge on any atom is 0.323 e. The summed E-state index contributed by atoms with van der Waals surface area (Å²) in [5, 5.41) is 5.18. The number of aromatic nitrogens is 1. The quantitative estimate of drug-likeness (QED) is 0.775. The largest absolute Gasteiger partial charge is 0.488 e. The highest BCUT2D eigenvalue weighted by Crippen LogP contribution is 2.26. The molecule has 29 heavy (non-hydrogen) atoms. The van der Waals surface area contributed by atoms with Crippen LogP contribution in [0.2, 0.25) is 0 Å². The van der Waals surface area contributed by atoms with Crippen LogP contribution in [0.5, 0.6) is 5.75 Å². The number of hydrogen-bond acceptors (Lipinski definition) is 5. The van der Waals surface area contributed by atoms with Crippen LogP contribution in [0.4, 0.5) is 20.6 Å². The summed E-state index contributed by atoms with van der Waals surface area (Å²) in [5.41, 5.74) is 0.758. The number of hydrogen-bond donors (Lipinski definition) is 2. The molecule has 0 bridgehead atoms. The van der Waals surface area contributed by atoms with E-state index in [4.69, 9.17) is 9.47 Å². The molecule has 3 amide bonds. The summed E-state index contributed by atoms with van der Waals surface area (Å²) in [6, 6.07) is 6.73. The maximum atomic E-state index is 14.0. The summed E-state index contributed by atoms with van der Waals surface area (Å²) >= 11 is 0. The average molecular weight is 402 g/mol. The number of anilines is 2. The van der Waals surface area contributed by atoms with Crippen molar-refractivity contribution in [2.45, 2.75) is 25.5 Å². The Morgan fingerprint density at radius 1 is 1.28 bits per heavy atom. The number of carbonyl (C=O) groups excluding carboxylic acids is 2. The number of carbonyl (C=O) groups is 2. The molecule has 2 atom stereocenters. The van der Waals surface area contributed by atoms with E-state index in [1.54, 1.807) is 30.3 Å². The van der Waals surface area contributed by atoms with Crippen LogP contribution < -0.4 is 15.4 Å². The number of benzene rings is 1. The predicted molar refractivity (Wildman–Crippen MR) is 105 cm³/mol. The lowest BCUT2D eigenvalue weighted by Gasteiger charge is -2.21. The molecule has 2 N–H and O–H groups in total. The molecule has 0 unspecified atom stereocenters. The van der Waals surface area contributed by atoms with Crippen molar-refractivity contribution in [3.63, 3.8) is 0 Å². The average Bonchev–Trinajstić information content (AvgIpc) is 3.05. The zero-order chi connectivity index (χ0) is 20.8. The van der Waals surface area contributed by atoms with Crippen LogP contribution in [0.25, 0.3) is 0 Å². The fourth-order valence-electron chi connectivity index (χ4n) is 3.32. The first kappa shape index (κ1) is 20.5. The van der Waals surface area contributed by atoms with E-state index >= 15 is 0 Å². The lowest BCUT2D eigenvalue weighted by atomic mass is 10.2. The summed E-state index contributed by atoms with van der Waals surface area (Å²) in [5.74, 6) is -0.339. The maximum absolute atomic E-state index is 14.0. The van der Waals surface area contributed by atoms with Crippen molar-refractivity contribution in [3.8, 4) is 5.75 Å². The van der Waals surface area contributed by atoms with Crippen LogP contribution in [0, 0.1) is 5.82 Å². The van der Waals surface area contributed by atoms with Gasteiger partial charge in [-0.25, -0.2) is 9.18 Å². The van der Waals surface area contributed by atoms with E-state index in [-0.39, 0.29) is 29.5 Å². The molecule has 0 aliphatic carbocycles. The zero-order valence-electron chi connectivity index (χ0n) is 16.2. The summed E-state index contributed by atoms with van der Waals surface area (Å²) < 4.78 is 25.1. The number of likely N-dealkylation sites (tertiary alicyclic amines) is 1. The van der Waals surface area contributed by atoms with Gasteiger partial charge >= 0.3 is 6.03 Å². The Labute approximate surface area is 168 Å². The number of ether oxygens (including phenoxy) is 2. The fraction of sp³-hybridized carbons (Fsp3) is 0.350. The molecule has 0 saturated carbocycles. The van der Waals surface area contributed by atoms with Gasteiger partial charge < -0.3 is 25.0 Å². The van der Waals surface area contributed by atoms with E-state index in [0.29, 0.717) is 25.3 Å². The van der Waals surface area contributed by atoms with E-state index in [9.17, 15) is 14.0 Å². The second kappa shape index (κ2) is 9.33. The van der Waals surface area contributed by atoms with Gasteiger partial charge in [-0.3, -0.25) is 9.78 Å². The van der Waals surface area contributed by atoms with Gasteiger partial charge in [-0.05, 0) is 18.2 Å². The fourth-order valence-corrected chi connectivity index (χ4v) is 3.32. The van der Waals surface area contributed by atoms with Crippen molar-refractivity contribution in [2.75, 3.05) is 30.9 Å². The molecular formula is C20H23FN4O4. The summed E-state index contributed by atoms with van der Waals surface area (Å²) in [6.45, 7) is 2.30. The number of amides is 3. The molecule has 9 heteroatoms. The third-order valence-electron chi connectivity index (χ3n) is 4.49. The van der Waals surface area contributed by atoms with Gasteiger partial charge in [0.2, 0.25) is 5.91 Å². The second-order valence-electron chi connectivity index (χ2n) is 6.75. The van der Waals surface area contributed by atoms with Crippen molar-refractivity contribution < 1.29 is 23.5 Å². The van der Waals surface area contributed by atoms with Crippen molar-refractivity contribution in [3.05, 3.63) is 48.5 Å². The highest BCUT2D eigenvalue weighted by Gasteiger charge is 2.35. The van der Waals surface area contributed by atoms with Crippen LogP contribution in [-0.2, 0) is 9.53 Å². The Morgan fingerprint density at radius 3 is 2.76 bits per heavy atom. The third-order valence-corrected chi connectivity index (χ3v) is 4.49. The second-order valence-corrected chi connectivity index (χ2v) is 6.75. The molecule has 1 aliphatic rings. The first-order valence-electron chi connectivity index (χ1n) is 9.16. The highest BCUT2D eigenvalue weighted by atomic mass is 19.1. The van der Waals surface area contributed by atoms with Crippen molar-refractivity contribution >= 4 is 23.3 Å². The number of pyridine rings is 1.